The monoisotopic (exact) mass is 288 g/mol. The van der Waals surface area contributed by atoms with Crippen LogP contribution < -0.4 is 10.5 Å². The largest absolute Gasteiger partial charge is 0.493 e. The summed E-state index contributed by atoms with van der Waals surface area (Å²) in [6.07, 6.45) is 3.49. The van der Waals surface area contributed by atoms with Gasteiger partial charge in [0.25, 0.3) is 0 Å². The molecule has 0 bridgehead atoms. The molecule has 21 heavy (non-hydrogen) atoms. The van der Waals surface area contributed by atoms with E-state index in [1.54, 1.807) is 0 Å². The Hall–Kier alpha value is -1.06. The number of benzene rings is 1. The van der Waals surface area contributed by atoms with Crippen LogP contribution in [0.5, 0.6) is 5.75 Å². The first kappa shape index (κ1) is 14.9. The standard InChI is InChI=1S/C18H28N2O/c1-13-9-14(2)17(11-19)20(12-13)7-5-15-3-4-18-16(10-15)6-8-21-18/h3-4,10,13-14,17H,5-9,11-12,19H2,1-2H3. The molecular formula is C18H28N2O. The maximum atomic E-state index is 6.01. The number of likely N-dealkylation sites (tertiary alicyclic amines) is 1. The molecule has 0 aliphatic carbocycles. The molecule has 0 saturated carbocycles. The van der Waals surface area contributed by atoms with Crippen LogP contribution >= 0.6 is 0 Å². The molecule has 0 amide bonds. The maximum absolute atomic E-state index is 6.01. The second-order valence-electron chi connectivity index (χ2n) is 6.91. The average molecular weight is 288 g/mol. The van der Waals surface area contributed by atoms with Gasteiger partial charge in [0.05, 0.1) is 6.61 Å². The highest BCUT2D eigenvalue weighted by atomic mass is 16.5. The van der Waals surface area contributed by atoms with Crippen molar-refractivity contribution in [2.75, 3.05) is 26.2 Å². The van der Waals surface area contributed by atoms with Gasteiger partial charge in [-0.15, -0.1) is 0 Å². The summed E-state index contributed by atoms with van der Waals surface area (Å²) in [5, 5.41) is 0. The molecule has 116 valence electrons. The lowest BCUT2D eigenvalue weighted by Gasteiger charge is -2.42. The third kappa shape index (κ3) is 3.24. The SMILES string of the molecule is CC1CC(C)C(CN)N(CCc2ccc3c(c2)CCO3)C1. The molecule has 2 N–H and O–H groups in total. The van der Waals surface area contributed by atoms with Crippen LogP contribution in [0.2, 0.25) is 0 Å². The van der Waals surface area contributed by atoms with E-state index in [0.717, 1.165) is 44.2 Å². The second-order valence-corrected chi connectivity index (χ2v) is 6.91. The number of fused-ring (bicyclic) bond motifs is 1. The summed E-state index contributed by atoms with van der Waals surface area (Å²) in [5.41, 5.74) is 8.82. The van der Waals surface area contributed by atoms with Gasteiger partial charge in [-0.2, -0.15) is 0 Å². The van der Waals surface area contributed by atoms with E-state index < -0.39 is 0 Å². The van der Waals surface area contributed by atoms with Crippen LogP contribution in [0.15, 0.2) is 18.2 Å². The minimum atomic E-state index is 0.555. The molecule has 0 radical (unpaired) electrons. The number of nitrogens with zero attached hydrogens (tertiary/aromatic N) is 1. The molecular weight excluding hydrogens is 260 g/mol. The number of piperidine rings is 1. The van der Waals surface area contributed by atoms with Crippen LogP contribution in [0.3, 0.4) is 0 Å². The van der Waals surface area contributed by atoms with Crippen LogP contribution in [0.4, 0.5) is 0 Å². The van der Waals surface area contributed by atoms with Crippen LogP contribution in [0.1, 0.15) is 31.4 Å². The first-order chi connectivity index (χ1) is 10.2. The molecule has 2 heterocycles. The lowest BCUT2D eigenvalue weighted by molar-refractivity contribution is 0.0747. The third-order valence-corrected chi connectivity index (χ3v) is 5.13. The van der Waals surface area contributed by atoms with Crippen LogP contribution in [0.25, 0.3) is 0 Å². The smallest absolute Gasteiger partial charge is 0.122 e. The van der Waals surface area contributed by atoms with E-state index in [2.05, 4.69) is 36.9 Å². The van der Waals surface area contributed by atoms with Gasteiger partial charge in [0.2, 0.25) is 0 Å². The summed E-state index contributed by atoms with van der Waals surface area (Å²) >= 11 is 0. The molecule has 2 aliphatic rings. The lowest BCUT2D eigenvalue weighted by Crippen LogP contribution is -2.51. The van der Waals surface area contributed by atoms with Crippen molar-refractivity contribution in [3.05, 3.63) is 29.3 Å². The van der Waals surface area contributed by atoms with Crippen molar-refractivity contribution >= 4 is 0 Å². The van der Waals surface area contributed by atoms with Gasteiger partial charge in [0, 0.05) is 32.1 Å². The van der Waals surface area contributed by atoms with Gasteiger partial charge >= 0.3 is 0 Å². The predicted octanol–water partition coefficient (Wildman–Crippen LogP) is 2.47. The Balaban J connectivity index is 1.63. The fraction of sp³-hybridized carbons (Fsp3) is 0.667. The summed E-state index contributed by atoms with van der Waals surface area (Å²) in [7, 11) is 0. The highest BCUT2D eigenvalue weighted by Gasteiger charge is 2.30. The van der Waals surface area contributed by atoms with Gasteiger partial charge in [0.1, 0.15) is 5.75 Å². The number of hydrogen-bond donors (Lipinski definition) is 1. The van der Waals surface area contributed by atoms with Gasteiger partial charge in [-0.05, 0) is 41.9 Å². The van der Waals surface area contributed by atoms with Crippen LogP contribution in [-0.4, -0.2) is 37.2 Å². The first-order valence-electron chi connectivity index (χ1n) is 8.36. The van der Waals surface area contributed by atoms with E-state index in [1.807, 2.05) is 0 Å². The van der Waals surface area contributed by atoms with Gasteiger partial charge in [-0.3, -0.25) is 4.90 Å². The molecule has 3 unspecified atom stereocenters. The lowest BCUT2D eigenvalue weighted by atomic mass is 9.85. The molecule has 3 heteroatoms. The molecule has 0 aromatic heterocycles. The minimum Gasteiger partial charge on any atom is -0.493 e. The predicted molar refractivity (Wildman–Crippen MR) is 86.7 cm³/mol. The maximum Gasteiger partial charge on any atom is 0.122 e. The summed E-state index contributed by atoms with van der Waals surface area (Å²) in [4.78, 5) is 2.61. The van der Waals surface area contributed by atoms with Crippen molar-refractivity contribution in [1.82, 2.24) is 4.90 Å². The van der Waals surface area contributed by atoms with Crippen molar-refractivity contribution in [3.63, 3.8) is 0 Å². The number of nitrogens with two attached hydrogens (primary N) is 1. The Morgan fingerprint density at radius 1 is 1.33 bits per heavy atom. The van der Waals surface area contributed by atoms with Gasteiger partial charge in [-0.25, -0.2) is 0 Å². The van der Waals surface area contributed by atoms with E-state index in [4.69, 9.17) is 10.5 Å². The Kier molecular flexibility index (Phi) is 4.51. The molecule has 1 saturated heterocycles. The van der Waals surface area contributed by atoms with Gasteiger partial charge in [0.15, 0.2) is 0 Å². The summed E-state index contributed by atoms with van der Waals surface area (Å²) in [5.74, 6) is 2.59. The second kappa shape index (κ2) is 6.37. The van der Waals surface area contributed by atoms with E-state index >= 15 is 0 Å². The van der Waals surface area contributed by atoms with Crippen molar-refractivity contribution in [2.24, 2.45) is 17.6 Å². The highest BCUT2D eigenvalue weighted by molar-refractivity contribution is 5.39. The summed E-state index contributed by atoms with van der Waals surface area (Å²) < 4.78 is 5.58. The number of hydrogen-bond acceptors (Lipinski definition) is 3. The molecule has 0 spiro atoms. The normalized spacial score (nSPS) is 29.2. The highest BCUT2D eigenvalue weighted by Crippen LogP contribution is 2.28. The molecule has 3 nitrogen and oxygen atoms in total. The Morgan fingerprint density at radius 2 is 2.19 bits per heavy atom. The molecule has 1 aromatic rings. The zero-order valence-electron chi connectivity index (χ0n) is 13.3. The fourth-order valence-corrected chi connectivity index (χ4v) is 4.07. The molecule has 1 fully saturated rings. The van der Waals surface area contributed by atoms with Crippen LogP contribution in [-0.2, 0) is 12.8 Å². The van der Waals surface area contributed by atoms with E-state index in [9.17, 15) is 0 Å². The third-order valence-electron chi connectivity index (χ3n) is 5.13. The van der Waals surface area contributed by atoms with Crippen molar-refractivity contribution in [1.29, 1.82) is 0 Å². The fourth-order valence-electron chi connectivity index (χ4n) is 4.07. The van der Waals surface area contributed by atoms with Crippen molar-refractivity contribution in [2.45, 2.75) is 39.2 Å². The molecule has 3 atom stereocenters. The molecule has 2 aliphatic heterocycles. The van der Waals surface area contributed by atoms with Crippen molar-refractivity contribution in [3.8, 4) is 5.75 Å². The minimum absolute atomic E-state index is 0.555. The Labute approximate surface area is 128 Å². The number of rotatable bonds is 4. The summed E-state index contributed by atoms with van der Waals surface area (Å²) in [6, 6.07) is 7.24. The number of ether oxygens (including phenoxy) is 1. The quantitative estimate of drug-likeness (QED) is 0.925. The zero-order chi connectivity index (χ0) is 14.8. The molecule has 1 aromatic carbocycles. The van der Waals surface area contributed by atoms with Crippen LogP contribution in [0, 0.1) is 11.8 Å². The Morgan fingerprint density at radius 3 is 3.00 bits per heavy atom. The zero-order valence-corrected chi connectivity index (χ0v) is 13.3. The topological polar surface area (TPSA) is 38.5 Å². The van der Waals surface area contributed by atoms with Gasteiger partial charge in [-0.1, -0.05) is 26.0 Å². The summed E-state index contributed by atoms with van der Waals surface area (Å²) in [6.45, 7) is 8.66. The molecule has 3 rings (SSSR count). The van der Waals surface area contributed by atoms with Crippen molar-refractivity contribution < 1.29 is 4.74 Å². The Bertz CT molecular complexity index is 488. The van der Waals surface area contributed by atoms with E-state index in [1.165, 1.54) is 24.1 Å². The van der Waals surface area contributed by atoms with E-state index in [0.29, 0.717) is 12.0 Å². The first-order valence-corrected chi connectivity index (χ1v) is 8.36. The van der Waals surface area contributed by atoms with E-state index in [-0.39, 0.29) is 0 Å². The van der Waals surface area contributed by atoms with Gasteiger partial charge < -0.3 is 10.5 Å². The average Bonchev–Trinajstić information content (AvgIpc) is 2.92.